The molecule has 0 radical (unpaired) electrons. The van der Waals surface area contributed by atoms with Gasteiger partial charge in [0, 0.05) is 22.9 Å². The van der Waals surface area contributed by atoms with E-state index in [1.807, 2.05) is 37.3 Å². The first-order valence-electron chi connectivity index (χ1n) is 15.6. The van der Waals surface area contributed by atoms with E-state index in [-0.39, 0.29) is 16.2 Å². The third-order valence-electron chi connectivity index (χ3n) is 6.66. The van der Waals surface area contributed by atoms with E-state index in [9.17, 15) is 0 Å². The van der Waals surface area contributed by atoms with Crippen molar-refractivity contribution in [1.82, 2.24) is 0 Å². The van der Waals surface area contributed by atoms with Gasteiger partial charge in [0.1, 0.15) is 0 Å². The normalized spacial score (nSPS) is 14.5. The maximum absolute atomic E-state index is 6.27. The van der Waals surface area contributed by atoms with Crippen LogP contribution in [0.5, 0.6) is 11.5 Å². The van der Waals surface area contributed by atoms with E-state index in [0.29, 0.717) is 46.2 Å². The van der Waals surface area contributed by atoms with Crippen LogP contribution in [0, 0.1) is 16.2 Å². The van der Waals surface area contributed by atoms with Gasteiger partial charge < -0.3 is 28.4 Å². The van der Waals surface area contributed by atoms with Gasteiger partial charge in [0.25, 0.3) is 0 Å². The Morgan fingerprint density at radius 3 is 1.78 bits per heavy atom. The average Bonchev–Trinajstić information content (AvgIpc) is 2.94. The number of ether oxygens (including phenoxy) is 6. The standard InChI is InChI=1S/C35H60O6/c1-11-18-30(29(14-4)38-22-13-3)39-25-33(6,7)23-37-24-34(8,9)26-40-31-19-16-17-20-32(31)41-28-35(10,15-5)27-36-21-12-2/h14,16-20H,11-13,15,21-28H2,1-10H3. The molecule has 1 aromatic carbocycles. The van der Waals surface area contributed by atoms with E-state index in [4.69, 9.17) is 28.4 Å². The molecule has 0 saturated heterocycles. The summed E-state index contributed by atoms with van der Waals surface area (Å²) in [6.07, 6.45) is 7.88. The molecular formula is C35H60O6. The van der Waals surface area contributed by atoms with Crippen LogP contribution in [0.3, 0.4) is 0 Å². The predicted molar refractivity (Wildman–Crippen MR) is 170 cm³/mol. The van der Waals surface area contributed by atoms with Gasteiger partial charge in [-0.15, -0.1) is 0 Å². The zero-order chi connectivity index (χ0) is 30.8. The molecule has 0 aliphatic heterocycles. The lowest BCUT2D eigenvalue weighted by Crippen LogP contribution is -2.32. The molecule has 1 unspecified atom stereocenters. The fraction of sp³-hybridized carbons (Fsp3) is 0.714. The topological polar surface area (TPSA) is 55.4 Å². The molecule has 1 aromatic rings. The summed E-state index contributed by atoms with van der Waals surface area (Å²) < 4.78 is 36.7. The Morgan fingerprint density at radius 1 is 0.659 bits per heavy atom. The molecule has 0 fully saturated rings. The Balaban J connectivity index is 2.63. The Labute approximate surface area is 251 Å². The monoisotopic (exact) mass is 576 g/mol. The fourth-order valence-electron chi connectivity index (χ4n) is 3.81. The summed E-state index contributed by atoms with van der Waals surface area (Å²) in [5.41, 5.74) is -0.397. The molecule has 236 valence electrons. The van der Waals surface area contributed by atoms with E-state index >= 15 is 0 Å². The molecule has 0 aliphatic carbocycles. The number of benzene rings is 1. The fourth-order valence-corrected chi connectivity index (χ4v) is 3.81. The van der Waals surface area contributed by atoms with Gasteiger partial charge in [-0.25, -0.2) is 0 Å². The Kier molecular flexibility index (Phi) is 17.2. The van der Waals surface area contributed by atoms with Crippen molar-refractivity contribution in [2.75, 3.05) is 52.9 Å². The van der Waals surface area contributed by atoms with Gasteiger partial charge >= 0.3 is 0 Å². The summed E-state index contributed by atoms with van der Waals surface area (Å²) in [4.78, 5) is 0. The van der Waals surface area contributed by atoms with Crippen molar-refractivity contribution in [3.63, 3.8) is 0 Å². The second-order valence-corrected chi connectivity index (χ2v) is 12.8. The van der Waals surface area contributed by atoms with Crippen LogP contribution >= 0.6 is 0 Å². The van der Waals surface area contributed by atoms with Crippen molar-refractivity contribution < 1.29 is 28.4 Å². The summed E-state index contributed by atoms with van der Waals surface area (Å²) in [6.45, 7) is 26.2. The lowest BCUT2D eigenvalue weighted by atomic mass is 9.90. The van der Waals surface area contributed by atoms with Gasteiger partial charge in [0.15, 0.2) is 23.0 Å². The zero-order valence-electron chi connectivity index (χ0n) is 27.9. The summed E-state index contributed by atoms with van der Waals surface area (Å²) in [5.74, 6) is 3.12. The van der Waals surface area contributed by atoms with Crippen molar-refractivity contribution in [1.29, 1.82) is 0 Å². The van der Waals surface area contributed by atoms with E-state index < -0.39 is 0 Å². The van der Waals surface area contributed by atoms with Gasteiger partial charge in [-0.3, -0.25) is 0 Å². The molecule has 6 nitrogen and oxygen atoms in total. The quantitative estimate of drug-likeness (QED) is 0.0736. The van der Waals surface area contributed by atoms with Crippen LogP contribution in [0.15, 0.2) is 47.9 Å². The minimum Gasteiger partial charge on any atom is -0.490 e. The molecule has 0 N–H and O–H groups in total. The highest BCUT2D eigenvalue weighted by Crippen LogP contribution is 2.32. The Morgan fingerprint density at radius 2 is 1.24 bits per heavy atom. The van der Waals surface area contributed by atoms with Crippen LogP contribution in [0.4, 0.5) is 0 Å². The molecule has 0 heterocycles. The average molecular weight is 577 g/mol. The lowest BCUT2D eigenvalue weighted by Gasteiger charge is -2.30. The summed E-state index contributed by atoms with van der Waals surface area (Å²) in [6, 6.07) is 7.89. The molecular weight excluding hydrogens is 516 g/mol. The first-order chi connectivity index (χ1) is 19.4. The van der Waals surface area contributed by atoms with Crippen LogP contribution in [-0.4, -0.2) is 52.9 Å². The van der Waals surface area contributed by atoms with Crippen LogP contribution in [0.25, 0.3) is 0 Å². The minimum absolute atomic E-state index is 0.0457. The van der Waals surface area contributed by atoms with Crippen molar-refractivity contribution >= 4 is 0 Å². The highest BCUT2D eigenvalue weighted by molar-refractivity contribution is 5.39. The zero-order valence-corrected chi connectivity index (χ0v) is 27.9. The first-order valence-corrected chi connectivity index (χ1v) is 15.6. The number of rotatable bonds is 23. The highest BCUT2D eigenvalue weighted by Gasteiger charge is 2.27. The molecule has 0 amide bonds. The maximum atomic E-state index is 6.27. The lowest BCUT2D eigenvalue weighted by molar-refractivity contribution is -0.0243. The molecule has 1 atom stereocenters. The van der Waals surface area contributed by atoms with Gasteiger partial charge in [0.05, 0.1) is 46.2 Å². The summed E-state index contributed by atoms with van der Waals surface area (Å²) in [7, 11) is 0. The van der Waals surface area contributed by atoms with Gasteiger partial charge in [-0.1, -0.05) is 74.4 Å². The molecule has 6 heteroatoms. The Hall–Kier alpha value is -2.18. The summed E-state index contributed by atoms with van der Waals surface area (Å²) >= 11 is 0. The first kappa shape index (κ1) is 36.8. The Bertz CT molecular complexity index is 904. The van der Waals surface area contributed by atoms with E-state index in [2.05, 4.69) is 68.4 Å². The number of para-hydroxylation sites is 2. The number of allylic oxidation sites excluding steroid dienone is 2. The molecule has 0 spiro atoms. The van der Waals surface area contributed by atoms with Gasteiger partial charge in [-0.2, -0.15) is 0 Å². The van der Waals surface area contributed by atoms with Crippen molar-refractivity contribution in [3.05, 3.63) is 47.9 Å². The predicted octanol–water partition coefficient (Wildman–Crippen LogP) is 9.00. The van der Waals surface area contributed by atoms with E-state index in [0.717, 1.165) is 55.3 Å². The largest absolute Gasteiger partial charge is 0.490 e. The van der Waals surface area contributed by atoms with E-state index in [1.165, 1.54) is 0 Å². The minimum atomic E-state index is -0.185. The molecule has 0 aliphatic rings. The van der Waals surface area contributed by atoms with Crippen molar-refractivity contribution in [2.24, 2.45) is 16.2 Å². The molecule has 41 heavy (non-hydrogen) atoms. The second-order valence-electron chi connectivity index (χ2n) is 12.8. The number of hydrogen-bond donors (Lipinski definition) is 0. The van der Waals surface area contributed by atoms with Crippen LogP contribution in [0.1, 0.15) is 94.9 Å². The van der Waals surface area contributed by atoms with Gasteiger partial charge in [-0.05, 0) is 56.9 Å². The molecule has 0 bridgehead atoms. The smallest absolute Gasteiger partial charge is 0.161 e. The molecule has 0 aromatic heterocycles. The number of hydrogen-bond acceptors (Lipinski definition) is 6. The van der Waals surface area contributed by atoms with Crippen LogP contribution in [-0.2, 0) is 18.9 Å². The van der Waals surface area contributed by atoms with Crippen molar-refractivity contribution in [3.8, 4) is 11.5 Å². The third-order valence-corrected chi connectivity index (χ3v) is 6.66. The van der Waals surface area contributed by atoms with E-state index in [1.54, 1.807) is 0 Å². The summed E-state index contributed by atoms with van der Waals surface area (Å²) in [5, 5.41) is 0. The molecule has 0 saturated carbocycles. The third kappa shape index (κ3) is 15.0. The highest BCUT2D eigenvalue weighted by atomic mass is 16.5. The van der Waals surface area contributed by atoms with Crippen LogP contribution in [0.2, 0.25) is 0 Å². The van der Waals surface area contributed by atoms with Crippen LogP contribution < -0.4 is 9.47 Å². The maximum Gasteiger partial charge on any atom is 0.161 e. The molecule has 1 rings (SSSR count). The van der Waals surface area contributed by atoms with Crippen molar-refractivity contribution in [2.45, 2.75) is 94.9 Å². The van der Waals surface area contributed by atoms with Gasteiger partial charge in [0.2, 0.25) is 0 Å². The second kappa shape index (κ2) is 19.1. The SMILES string of the molecule is CC=C(OCCC)C(=CCC)OCC(C)(C)COCC(C)(C)COc1ccccc1OCC(C)(CC)COCCC.